The van der Waals surface area contributed by atoms with Crippen molar-refractivity contribution in [3.8, 4) is 0 Å². The molecule has 0 aromatic carbocycles. The zero-order valence-electron chi connectivity index (χ0n) is 8.47. The van der Waals surface area contributed by atoms with Crippen LogP contribution in [0.3, 0.4) is 0 Å². The number of halogens is 2. The van der Waals surface area contributed by atoms with Gasteiger partial charge in [-0.25, -0.2) is 4.98 Å². The quantitative estimate of drug-likeness (QED) is 0.769. The van der Waals surface area contributed by atoms with E-state index in [-0.39, 0.29) is 5.54 Å². The number of hydrogen-bond acceptors (Lipinski definition) is 2. The van der Waals surface area contributed by atoms with Gasteiger partial charge in [-0.05, 0) is 18.9 Å². The third kappa shape index (κ3) is 2.27. The van der Waals surface area contributed by atoms with Crippen molar-refractivity contribution in [1.82, 2.24) is 4.98 Å². The number of rotatable bonds is 1. The van der Waals surface area contributed by atoms with Crippen LogP contribution in [0.4, 0.5) is 0 Å². The van der Waals surface area contributed by atoms with Crippen LogP contribution in [0.5, 0.6) is 0 Å². The maximum atomic E-state index is 6.36. The third-order valence-electron chi connectivity index (χ3n) is 3.10. The fourth-order valence-electron chi connectivity index (χ4n) is 2.23. The Morgan fingerprint density at radius 2 is 1.87 bits per heavy atom. The molecular weight excluding hydrogens is 231 g/mol. The van der Waals surface area contributed by atoms with Crippen LogP contribution < -0.4 is 5.73 Å². The molecule has 0 bridgehead atoms. The molecule has 4 heteroatoms. The van der Waals surface area contributed by atoms with Crippen molar-refractivity contribution in [3.05, 3.63) is 28.0 Å². The molecule has 0 aliphatic heterocycles. The minimum Gasteiger partial charge on any atom is -0.321 e. The first-order valence-corrected chi connectivity index (χ1v) is 5.98. The molecule has 2 rings (SSSR count). The van der Waals surface area contributed by atoms with Gasteiger partial charge in [-0.1, -0.05) is 42.5 Å². The molecule has 15 heavy (non-hydrogen) atoms. The molecule has 1 fully saturated rings. The summed E-state index contributed by atoms with van der Waals surface area (Å²) in [4.78, 5) is 4.06. The maximum Gasteiger partial charge on any atom is 0.130 e. The summed E-state index contributed by atoms with van der Waals surface area (Å²) in [6.07, 6.45) is 7.27. The zero-order valence-corrected chi connectivity index (χ0v) is 9.98. The van der Waals surface area contributed by atoms with Crippen molar-refractivity contribution in [2.24, 2.45) is 5.73 Å². The number of nitrogens with two attached hydrogens (primary N) is 1. The van der Waals surface area contributed by atoms with E-state index in [2.05, 4.69) is 4.98 Å². The second kappa shape index (κ2) is 4.28. The van der Waals surface area contributed by atoms with E-state index in [0.29, 0.717) is 10.2 Å². The number of nitrogens with zero attached hydrogens (tertiary/aromatic N) is 1. The third-order valence-corrected chi connectivity index (χ3v) is 3.62. The van der Waals surface area contributed by atoms with Gasteiger partial charge >= 0.3 is 0 Å². The lowest BCUT2D eigenvalue weighted by Gasteiger charge is -2.34. The lowest BCUT2D eigenvalue weighted by Crippen LogP contribution is -2.39. The highest BCUT2D eigenvalue weighted by molar-refractivity contribution is 6.34. The summed E-state index contributed by atoms with van der Waals surface area (Å²) in [5, 5.41) is 1.06. The first kappa shape index (κ1) is 11.2. The van der Waals surface area contributed by atoms with Gasteiger partial charge in [0, 0.05) is 17.3 Å². The van der Waals surface area contributed by atoms with E-state index in [4.69, 9.17) is 28.9 Å². The minimum atomic E-state index is -0.299. The Hall–Kier alpha value is -0.310. The molecule has 0 atom stereocenters. The van der Waals surface area contributed by atoms with Crippen LogP contribution in [-0.2, 0) is 5.54 Å². The van der Waals surface area contributed by atoms with E-state index >= 15 is 0 Å². The van der Waals surface area contributed by atoms with Crippen LogP contribution in [0.25, 0.3) is 0 Å². The first-order chi connectivity index (χ1) is 7.12. The van der Waals surface area contributed by atoms with E-state index in [9.17, 15) is 0 Å². The highest BCUT2D eigenvalue weighted by Gasteiger charge is 2.31. The zero-order chi connectivity index (χ0) is 10.9. The Kier molecular flexibility index (Phi) is 3.19. The van der Waals surface area contributed by atoms with Gasteiger partial charge in [-0.3, -0.25) is 0 Å². The van der Waals surface area contributed by atoms with Crippen LogP contribution >= 0.6 is 23.2 Å². The molecule has 0 radical (unpaired) electrons. The molecule has 82 valence electrons. The molecule has 0 unspecified atom stereocenters. The predicted octanol–water partition coefficient (Wildman–Crippen LogP) is 3.51. The fraction of sp³-hybridized carbons (Fsp3) is 0.545. The lowest BCUT2D eigenvalue weighted by atomic mass is 9.78. The Labute approximate surface area is 99.8 Å². The van der Waals surface area contributed by atoms with E-state index < -0.39 is 0 Å². The summed E-state index contributed by atoms with van der Waals surface area (Å²) in [5.74, 6) is 0. The van der Waals surface area contributed by atoms with Crippen molar-refractivity contribution >= 4 is 23.2 Å². The summed E-state index contributed by atoms with van der Waals surface area (Å²) in [6.45, 7) is 0. The summed E-state index contributed by atoms with van der Waals surface area (Å²) in [6, 6.07) is 1.67. The Balaban J connectivity index is 2.35. The number of pyridine rings is 1. The normalized spacial score (nSPS) is 20.2. The summed E-state index contributed by atoms with van der Waals surface area (Å²) in [7, 11) is 0. The first-order valence-electron chi connectivity index (χ1n) is 5.22. The van der Waals surface area contributed by atoms with Gasteiger partial charge in [0.15, 0.2) is 0 Å². The highest BCUT2D eigenvalue weighted by Crippen LogP contribution is 2.38. The molecular formula is C11H14Cl2N2. The van der Waals surface area contributed by atoms with E-state index in [0.717, 1.165) is 31.2 Å². The van der Waals surface area contributed by atoms with Crippen LogP contribution in [0, 0.1) is 0 Å². The van der Waals surface area contributed by atoms with Crippen LogP contribution in [-0.4, -0.2) is 4.98 Å². The molecule has 2 N–H and O–H groups in total. The van der Waals surface area contributed by atoms with Gasteiger partial charge in [0.25, 0.3) is 0 Å². The van der Waals surface area contributed by atoms with Gasteiger partial charge in [-0.2, -0.15) is 0 Å². The lowest BCUT2D eigenvalue weighted by molar-refractivity contribution is 0.302. The average molecular weight is 245 g/mol. The molecule has 2 nitrogen and oxygen atoms in total. The monoisotopic (exact) mass is 244 g/mol. The maximum absolute atomic E-state index is 6.36. The number of aromatic nitrogens is 1. The Morgan fingerprint density at radius 3 is 2.47 bits per heavy atom. The number of hydrogen-bond donors (Lipinski definition) is 1. The van der Waals surface area contributed by atoms with E-state index in [1.165, 1.54) is 6.42 Å². The highest BCUT2D eigenvalue weighted by atomic mass is 35.5. The molecule has 1 aliphatic rings. The Morgan fingerprint density at radius 1 is 1.20 bits per heavy atom. The molecule has 1 aliphatic carbocycles. The summed E-state index contributed by atoms with van der Waals surface area (Å²) >= 11 is 11.9. The fourth-order valence-corrected chi connectivity index (χ4v) is 2.78. The molecule has 1 heterocycles. The second-order valence-corrected chi connectivity index (χ2v) is 5.00. The van der Waals surface area contributed by atoms with Crippen molar-refractivity contribution in [1.29, 1.82) is 0 Å². The minimum absolute atomic E-state index is 0.299. The predicted molar refractivity (Wildman–Crippen MR) is 63.2 cm³/mol. The van der Waals surface area contributed by atoms with Gasteiger partial charge in [-0.15, -0.1) is 0 Å². The van der Waals surface area contributed by atoms with Crippen LogP contribution in [0.15, 0.2) is 12.3 Å². The topological polar surface area (TPSA) is 38.9 Å². The second-order valence-electron chi connectivity index (χ2n) is 4.20. The van der Waals surface area contributed by atoms with Gasteiger partial charge in [0.1, 0.15) is 5.15 Å². The van der Waals surface area contributed by atoms with Crippen LogP contribution in [0.1, 0.15) is 37.7 Å². The summed E-state index contributed by atoms with van der Waals surface area (Å²) < 4.78 is 0. The van der Waals surface area contributed by atoms with E-state index in [1.54, 1.807) is 12.3 Å². The Bertz CT molecular complexity index is 360. The molecule has 0 spiro atoms. The average Bonchev–Trinajstić information content (AvgIpc) is 2.18. The standard InChI is InChI=1S/C11H14Cl2N2/c12-9-6-10(13)15-7-8(9)11(14)4-2-1-3-5-11/h6-7H,1-5,14H2. The molecule has 1 saturated carbocycles. The van der Waals surface area contributed by atoms with Crippen molar-refractivity contribution in [2.75, 3.05) is 0 Å². The largest absolute Gasteiger partial charge is 0.321 e. The molecule has 0 amide bonds. The van der Waals surface area contributed by atoms with Gasteiger partial charge in [0.2, 0.25) is 0 Å². The van der Waals surface area contributed by atoms with Crippen molar-refractivity contribution < 1.29 is 0 Å². The van der Waals surface area contributed by atoms with Crippen LogP contribution in [0.2, 0.25) is 10.2 Å². The molecule has 1 aromatic rings. The molecule has 1 aromatic heterocycles. The van der Waals surface area contributed by atoms with Crippen molar-refractivity contribution in [3.63, 3.8) is 0 Å². The smallest absolute Gasteiger partial charge is 0.130 e. The van der Waals surface area contributed by atoms with Crippen molar-refractivity contribution in [2.45, 2.75) is 37.6 Å². The summed E-state index contributed by atoms with van der Waals surface area (Å²) in [5.41, 5.74) is 7.00. The van der Waals surface area contributed by atoms with Gasteiger partial charge in [0.05, 0.1) is 5.02 Å². The van der Waals surface area contributed by atoms with Gasteiger partial charge < -0.3 is 5.73 Å². The SMILES string of the molecule is NC1(c2cnc(Cl)cc2Cl)CCCCC1. The molecule has 0 saturated heterocycles. The van der Waals surface area contributed by atoms with E-state index in [1.807, 2.05) is 0 Å².